The number of nitrogens with one attached hydrogen (secondary N) is 3. The molecule has 0 saturated carbocycles. The maximum Gasteiger partial charge on any atom is 0.260 e. The molecule has 0 aliphatic carbocycles. The number of H-pyrrole nitrogens is 2. The highest BCUT2D eigenvalue weighted by atomic mass is 32.2. The van der Waals surface area contributed by atoms with Crippen molar-refractivity contribution >= 4 is 10.0 Å². The zero-order valence-electron chi connectivity index (χ0n) is 10.5. The molecule has 2 aromatic rings. The third-order valence-corrected chi connectivity index (χ3v) is 4.31. The number of aryl methyl sites for hydroxylation is 1. The first-order chi connectivity index (χ1) is 8.95. The van der Waals surface area contributed by atoms with Gasteiger partial charge in [-0.3, -0.25) is 10.2 Å². The van der Waals surface area contributed by atoms with Crippen LogP contribution in [0.15, 0.2) is 17.4 Å². The zero-order chi connectivity index (χ0) is 14.0. The van der Waals surface area contributed by atoms with Crippen molar-refractivity contribution in [3.8, 4) is 0 Å². The third-order valence-electron chi connectivity index (χ3n) is 2.80. The van der Waals surface area contributed by atoms with Crippen molar-refractivity contribution in [2.75, 3.05) is 0 Å². The quantitative estimate of drug-likeness (QED) is 0.614. The predicted molar refractivity (Wildman–Crippen MR) is 66.6 cm³/mol. The summed E-state index contributed by atoms with van der Waals surface area (Å²) in [5, 5.41) is 21.7. The van der Waals surface area contributed by atoms with Crippen LogP contribution in [0.3, 0.4) is 0 Å². The first-order valence-corrected chi connectivity index (χ1v) is 7.09. The fraction of sp³-hybridized carbons (Fsp3) is 0.400. The molecule has 104 valence electrons. The van der Waals surface area contributed by atoms with Gasteiger partial charge in [0.15, 0.2) is 5.03 Å². The van der Waals surface area contributed by atoms with Crippen LogP contribution in [0.25, 0.3) is 0 Å². The maximum absolute atomic E-state index is 12.2. The van der Waals surface area contributed by atoms with Crippen LogP contribution in [0.4, 0.5) is 0 Å². The van der Waals surface area contributed by atoms with Crippen molar-refractivity contribution < 1.29 is 13.5 Å². The van der Waals surface area contributed by atoms with E-state index in [-0.39, 0.29) is 10.6 Å². The first kappa shape index (κ1) is 13.7. The van der Waals surface area contributed by atoms with Crippen molar-refractivity contribution in [3.63, 3.8) is 0 Å². The molecule has 0 aliphatic heterocycles. The fourth-order valence-electron chi connectivity index (χ4n) is 1.69. The second-order valence-corrected chi connectivity index (χ2v) is 5.79. The lowest BCUT2D eigenvalue weighted by Gasteiger charge is -2.11. The number of sulfonamides is 1. The van der Waals surface area contributed by atoms with Crippen LogP contribution < -0.4 is 4.72 Å². The lowest BCUT2D eigenvalue weighted by atomic mass is 10.2. The Kier molecular flexibility index (Phi) is 3.69. The van der Waals surface area contributed by atoms with Gasteiger partial charge < -0.3 is 5.11 Å². The summed E-state index contributed by atoms with van der Waals surface area (Å²) in [5.74, 6) is 0. The van der Waals surface area contributed by atoms with Crippen LogP contribution in [0.5, 0.6) is 0 Å². The molecular formula is C10H15N5O3S. The average molecular weight is 285 g/mol. The Morgan fingerprint density at radius 3 is 2.84 bits per heavy atom. The lowest BCUT2D eigenvalue weighted by molar-refractivity contribution is 0.277. The summed E-state index contributed by atoms with van der Waals surface area (Å²) in [7, 11) is -3.80. The van der Waals surface area contributed by atoms with Gasteiger partial charge in [0, 0.05) is 29.1 Å². The topological polar surface area (TPSA) is 124 Å². The third kappa shape index (κ3) is 2.67. The molecule has 19 heavy (non-hydrogen) atoms. The van der Waals surface area contributed by atoms with Gasteiger partial charge in [-0.1, -0.05) is 0 Å². The summed E-state index contributed by atoms with van der Waals surface area (Å²) >= 11 is 0. The number of aliphatic hydroxyl groups is 1. The Morgan fingerprint density at radius 2 is 2.26 bits per heavy atom. The summed E-state index contributed by atoms with van der Waals surface area (Å²) < 4.78 is 26.9. The standard InChI is InChI=1S/C10H15N5O3S/c1-6(8-3-11-12-4-8)15-19(17,18)10-9(5-16)7(2)13-14-10/h3-4,6,15-16H,5H2,1-2H3,(H,11,12)(H,13,14). The molecule has 2 aromatic heterocycles. The molecular weight excluding hydrogens is 270 g/mol. The van der Waals surface area contributed by atoms with Gasteiger partial charge >= 0.3 is 0 Å². The molecule has 0 radical (unpaired) electrons. The van der Waals surface area contributed by atoms with Crippen LogP contribution in [0.1, 0.15) is 29.8 Å². The monoisotopic (exact) mass is 285 g/mol. The molecule has 1 atom stereocenters. The number of aromatic amines is 2. The SMILES string of the molecule is Cc1[nH]nc(S(=O)(=O)NC(C)c2cn[nH]c2)c1CO. The van der Waals surface area contributed by atoms with Crippen molar-refractivity contribution in [2.45, 2.75) is 31.5 Å². The summed E-state index contributed by atoms with van der Waals surface area (Å²) in [6, 6.07) is -0.452. The minimum atomic E-state index is -3.80. The molecule has 8 nitrogen and oxygen atoms in total. The first-order valence-electron chi connectivity index (χ1n) is 5.61. The van der Waals surface area contributed by atoms with E-state index in [1.807, 2.05) is 0 Å². The van der Waals surface area contributed by atoms with E-state index in [9.17, 15) is 13.5 Å². The van der Waals surface area contributed by atoms with Crippen LogP contribution in [-0.4, -0.2) is 33.9 Å². The molecule has 0 fully saturated rings. The highest BCUT2D eigenvalue weighted by Crippen LogP contribution is 2.19. The van der Waals surface area contributed by atoms with Crippen molar-refractivity contribution in [2.24, 2.45) is 0 Å². The van der Waals surface area contributed by atoms with Gasteiger partial charge in [0.1, 0.15) is 0 Å². The Hall–Kier alpha value is -1.71. The minimum absolute atomic E-state index is 0.178. The van der Waals surface area contributed by atoms with Crippen molar-refractivity contribution in [1.82, 2.24) is 25.1 Å². The Bertz CT molecular complexity index is 647. The maximum atomic E-state index is 12.2. The van der Waals surface area contributed by atoms with Gasteiger partial charge in [-0.2, -0.15) is 10.2 Å². The second kappa shape index (κ2) is 5.11. The van der Waals surface area contributed by atoms with Gasteiger partial charge in [0.25, 0.3) is 10.0 Å². The van der Waals surface area contributed by atoms with Crippen LogP contribution in [0.2, 0.25) is 0 Å². The number of nitrogens with zero attached hydrogens (tertiary/aromatic N) is 2. The number of hydrogen-bond donors (Lipinski definition) is 4. The lowest BCUT2D eigenvalue weighted by Crippen LogP contribution is -2.27. The van der Waals surface area contributed by atoms with Gasteiger partial charge in [-0.15, -0.1) is 0 Å². The largest absolute Gasteiger partial charge is 0.392 e. The number of hydrogen-bond acceptors (Lipinski definition) is 5. The van der Waals surface area contributed by atoms with E-state index in [2.05, 4.69) is 25.1 Å². The van der Waals surface area contributed by atoms with Gasteiger partial charge in [-0.05, 0) is 13.8 Å². The Morgan fingerprint density at radius 1 is 1.53 bits per heavy atom. The predicted octanol–water partition coefficient (Wildman–Crippen LogP) is -0.0270. The van der Waals surface area contributed by atoms with Gasteiger partial charge in [-0.25, -0.2) is 13.1 Å². The molecule has 0 bridgehead atoms. The summed E-state index contributed by atoms with van der Waals surface area (Å²) in [5.41, 5.74) is 1.51. The minimum Gasteiger partial charge on any atom is -0.392 e. The van der Waals surface area contributed by atoms with E-state index >= 15 is 0 Å². The van der Waals surface area contributed by atoms with Gasteiger partial charge in [0.05, 0.1) is 12.8 Å². The molecule has 2 heterocycles. The van der Waals surface area contributed by atoms with Crippen LogP contribution >= 0.6 is 0 Å². The van der Waals surface area contributed by atoms with Crippen LogP contribution in [-0.2, 0) is 16.6 Å². The highest BCUT2D eigenvalue weighted by Gasteiger charge is 2.25. The second-order valence-electron chi connectivity index (χ2n) is 4.17. The molecule has 0 spiro atoms. The number of aromatic nitrogens is 4. The number of rotatable bonds is 5. The van der Waals surface area contributed by atoms with E-state index in [1.165, 1.54) is 6.20 Å². The zero-order valence-corrected chi connectivity index (χ0v) is 11.3. The van der Waals surface area contributed by atoms with Crippen molar-refractivity contribution in [1.29, 1.82) is 0 Å². The van der Waals surface area contributed by atoms with E-state index in [0.29, 0.717) is 11.3 Å². The molecule has 1 unspecified atom stereocenters. The van der Waals surface area contributed by atoms with E-state index in [4.69, 9.17) is 0 Å². The number of aliphatic hydroxyl groups excluding tert-OH is 1. The van der Waals surface area contributed by atoms with E-state index < -0.39 is 22.7 Å². The Labute approximate surface area is 110 Å². The van der Waals surface area contributed by atoms with Gasteiger partial charge in [0.2, 0.25) is 0 Å². The molecule has 4 N–H and O–H groups in total. The summed E-state index contributed by atoms with van der Waals surface area (Å²) in [6.07, 6.45) is 3.14. The fourth-order valence-corrected chi connectivity index (χ4v) is 3.11. The molecule has 2 rings (SSSR count). The average Bonchev–Trinajstić information content (AvgIpc) is 2.96. The van der Waals surface area contributed by atoms with E-state index in [0.717, 1.165) is 0 Å². The molecule has 0 aromatic carbocycles. The van der Waals surface area contributed by atoms with E-state index in [1.54, 1.807) is 20.0 Å². The molecule has 9 heteroatoms. The van der Waals surface area contributed by atoms with Crippen LogP contribution in [0, 0.1) is 6.92 Å². The summed E-state index contributed by atoms with van der Waals surface area (Å²) in [4.78, 5) is 0. The smallest absolute Gasteiger partial charge is 0.260 e. The molecule has 0 aliphatic rings. The highest BCUT2D eigenvalue weighted by molar-refractivity contribution is 7.89. The Balaban J connectivity index is 2.28. The molecule has 0 amide bonds. The van der Waals surface area contributed by atoms with Crippen molar-refractivity contribution in [3.05, 3.63) is 29.2 Å². The normalized spacial score (nSPS) is 13.6. The molecule has 0 saturated heterocycles. The summed E-state index contributed by atoms with van der Waals surface area (Å²) in [6.45, 7) is 2.95.